The first-order chi connectivity index (χ1) is 6.27. The number of ketones is 1. The Morgan fingerprint density at radius 2 is 2.46 bits per heavy atom. The van der Waals surface area contributed by atoms with Gasteiger partial charge in [-0.1, -0.05) is 0 Å². The summed E-state index contributed by atoms with van der Waals surface area (Å²) in [6.45, 7) is 2.64. The van der Waals surface area contributed by atoms with Crippen LogP contribution in [-0.2, 0) is 4.74 Å². The molecular weight excluding hydrogens is 184 g/mol. The molecule has 1 aliphatic heterocycles. The number of carbonyl (C=O) groups is 1. The SMILES string of the molecule is Cc1cc(C(=O)C2=COCC2)cs1. The number of hydrogen-bond acceptors (Lipinski definition) is 3. The van der Waals surface area contributed by atoms with Gasteiger partial charge in [-0.3, -0.25) is 4.79 Å². The molecule has 0 aliphatic carbocycles. The summed E-state index contributed by atoms with van der Waals surface area (Å²) in [5.74, 6) is 0.113. The molecule has 0 atom stereocenters. The molecule has 3 heteroatoms. The zero-order valence-corrected chi connectivity index (χ0v) is 8.19. The molecule has 1 aromatic rings. The van der Waals surface area contributed by atoms with E-state index < -0.39 is 0 Å². The first-order valence-corrected chi connectivity index (χ1v) is 5.06. The van der Waals surface area contributed by atoms with Crippen LogP contribution in [0.1, 0.15) is 21.7 Å². The molecule has 0 fully saturated rings. The van der Waals surface area contributed by atoms with E-state index in [2.05, 4.69) is 0 Å². The first kappa shape index (κ1) is 8.51. The Hall–Kier alpha value is -1.09. The summed E-state index contributed by atoms with van der Waals surface area (Å²) < 4.78 is 5.03. The molecule has 0 bridgehead atoms. The molecule has 0 spiro atoms. The van der Waals surface area contributed by atoms with E-state index in [9.17, 15) is 4.79 Å². The highest BCUT2D eigenvalue weighted by atomic mass is 32.1. The second kappa shape index (κ2) is 3.34. The molecule has 0 amide bonds. The molecule has 0 saturated heterocycles. The van der Waals surface area contributed by atoms with Crippen LogP contribution in [0.5, 0.6) is 0 Å². The van der Waals surface area contributed by atoms with Gasteiger partial charge in [-0.15, -0.1) is 11.3 Å². The van der Waals surface area contributed by atoms with Gasteiger partial charge in [0.2, 0.25) is 0 Å². The zero-order chi connectivity index (χ0) is 9.26. The Labute approximate surface area is 80.8 Å². The molecular formula is C10H10O2S. The van der Waals surface area contributed by atoms with Crippen molar-refractivity contribution < 1.29 is 9.53 Å². The van der Waals surface area contributed by atoms with Crippen molar-refractivity contribution in [3.63, 3.8) is 0 Å². The fraction of sp³-hybridized carbons (Fsp3) is 0.300. The van der Waals surface area contributed by atoms with Crippen molar-refractivity contribution >= 4 is 17.1 Å². The molecule has 1 aromatic heterocycles. The minimum absolute atomic E-state index is 0.113. The van der Waals surface area contributed by atoms with Crippen molar-refractivity contribution in [1.82, 2.24) is 0 Å². The number of rotatable bonds is 2. The van der Waals surface area contributed by atoms with E-state index in [0.717, 1.165) is 17.6 Å². The normalized spacial score (nSPS) is 15.3. The van der Waals surface area contributed by atoms with Crippen molar-refractivity contribution in [2.45, 2.75) is 13.3 Å². The fourth-order valence-electron chi connectivity index (χ4n) is 1.30. The monoisotopic (exact) mass is 194 g/mol. The van der Waals surface area contributed by atoms with Crippen LogP contribution >= 0.6 is 11.3 Å². The Bertz CT molecular complexity index is 363. The maximum Gasteiger partial charge on any atom is 0.193 e. The van der Waals surface area contributed by atoms with E-state index in [-0.39, 0.29) is 5.78 Å². The van der Waals surface area contributed by atoms with Gasteiger partial charge in [-0.25, -0.2) is 0 Å². The highest BCUT2D eigenvalue weighted by molar-refractivity contribution is 7.10. The van der Waals surface area contributed by atoms with Crippen LogP contribution in [0.2, 0.25) is 0 Å². The molecule has 0 unspecified atom stereocenters. The zero-order valence-electron chi connectivity index (χ0n) is 7.37. The molecule has 0 N–H and O–H groups in total. The number of ether oxygens (including phenoxy) is 1. The molecule has 2 heterocycles. The third-order valence-corrected chi connectivity index (χ3v) is 2.86. The van der Waals surface area contributed by atoms with E-state index in [4.69, 9.17) is 4.74 Å². The number of carbonyl (C=O) groups excluding carboxylic acids is 1. The molecule has 2 nitrogen and oxygen atoms in total. The summed E-state index contributed by atoms with van der Waals surface area (Å²) >= 11 is 1.60. The van der Waals surface area contributed by atoms with E-state index in [1.165, 1.54) is 4.88 Å². The predicted octanol–water partition coefficient (Wildman–Crippen LogP) is 2.54. The lowest BCUT2D eigenvalue weighted by Crippen LogP contribution is -1.99. The van der Waals surface area contributed by atoms with Crippen LogP contribution in [0.3, 0.4) is 0 Å². The van der Waals surface area contributed by atoms with Crippen molar-refractivity contribution in [2.24, 2.45) is 0 Å². The Morgan fingerprint density at radius 3 is 3.00 bits per heavy atom. The van der Waals surface area contributed by atoms with E-state index in [1.54, 1.807) is 17.6 Å². The van der Waals surface area contributed by atoms with Crippen LogP contribution < -0.4 is 0 Å². The maximum atomic E-state index is 11.7. The second-order valence-electron chi connectivity index (χ2n) is 3.04. The Kier molecular flexibility index (Phi) is 2.19. The summed E-state index contributed by atoms with van der Waals surface area (Å²) in [4.78, 5) is 12.9. The van der Waals surface area contributed by atoms with Gasteiger partial charge in [0.05, 0.1) is 12.9 Å². The van der Waals surface area contributed by atoms with Gasteiger partial charge >= 0.3 is 0 Å². The highest BCUT2D eigenvalue weighted by Gasteiger charge is 2.16. The molecule has 0 aromatic carbocycles. The van der Waals surface area contributed by atoms with Gasteiger partial charge in [-0.05, 0) is 13.0 Å². The quantitative estimate of drug-likeness (QED) is 0.676. The van der Waals surface area contributed by atoms with Crippen molar-refractivity contribution in [3.8, 4) is 0 Å². The van der Waals surface area contributed by atoms with Crippen molar-refractivity contribution in [1.29, 1.82) is 0 Å². The van der Waals surface area contributed by atoms with Gasteiger partial charge in [-0.2, -0.15) is 0 Å². The summed E-state index contributed by atoms with van der Waals surface area (Å²) in [5, 5.41) is 1.90. The molecule has 13 heavy (non-hydrogen) atoms. The third-order valence-electron chi connectivity index (χ3n) is 2.00. The third kappa shape index (κ3) is 1.65. The van der Waals surface area contributed by atoms with Crippen LogP contribution in [0.15, 0.2) is 23.3 Å². The fourth-order valence-corrected chi connectivity index (χ4v) is 1.99. The Morgan fingerprint density at radius 1 is 1.62 bits per heavy atom. The molecule has 2 rings (SSSR count). The average molecular weight is 194 g/mol. The van der Waals surface area contributed by atoms with E-state index in [1.807, 2.05) is 18.4 Å². The predicted molar refractivity (Wildman–Crippen MR) is 52.0 cm³/mol. The topological polar surface area (TPSA) is 26.3 Å². The molecule has 0 saturated carbocycles. The van der Waals surface area contributed by atoms with Crippen LogP contribution in [0.25, 0.3) is 0 Å². The minimum atomic E-state index is 0.113. The van der Waals surface area contributed by atoms with Gasteiger partial charge in [0.1, 0.15) is 0 Å². The lowest BCUT2D eigenvalue weighted by Gasteiger charge is -1.94. The number of aryl methyl sites for hydroxylation is 1. The minimum Gasteiger partial charge on any atom is -0.500 e. The second-order valence-corrected chi connectivity index (χ2v) is 4.15. The van der Waals surface area contributed by atoms with Crippen molar-refractivity contribution in [2.75, 3.05) is 6.61 Å². The number of hydrogen-bond donors (Lipinski definition) is 0. The molecule has 1 aliphatic rings. The van der Waals surface area contributed by atoms with Gasteiger partial charge in [0, 0.05) is 27.8 Å². The van der Waals surface area contributed by atoms with Crippen molar-refractivity contribution in [3.05, 3.63) is 33.7 Å². The van der Waals surface area contributed by atoms with Crippen LogP contribution in [0.4, 0.5) is 0 Å². The van der Waals surface area contributed by atoms with Gasteiger partial charge in [0.25, 0.3) is 0 Å². The van der Waals surface area contributed by atoms with E-state index >= 15 is 0 Å². The summed E-state index contributed by atoms with van der Waals surface area (Å²) in [6, 6.07) is 1.92. The number of Topliss-reactive ketones (excluding diaryl/α,β-unsaturated/α-hetero) is 1. The lowest BCUT2D eigenvalue weighted by atomic mass is 10.1. The average Bonchev–Trinajstić information content (AvgIpc) is 2.72. The summed E-state index contributed by atoms with van der Waals surface area (Å²) in [6.07, 6.45) is 2.32. The maximum absolute atomic E-state index is 11.7. The number of thiophene rings is 1. The highest BCUT2D eigenvalue weighted by Crippen LogP contribution is 2.20. The smallest absolute Gasteiger partial charge is 0.193 e. The largest absolute Gasteiger partial charge is 0.500 e. The first-order valence-electron chi connectivity index (χ1n) is 4.18. The van der Waals surface area contributed by atoms with Crippen LogP contribution in [-0.4, -0.2) is 12.4 Å². The summed E-state index contributed by atoms with van der Waals surface area (Å²) in [7, 11) is 0. The van der Waals surface area contributed by atoms with E-state index in [0.29, 0.717) is 6.61 Å². The molecule has 68 valence electrons. The lowest BCUT2D eigenvalue weighted by molar-refractivity contribution is 0.103. The standard InChI is InChI=1S/C10H10O2S/c1-7-4-9(6-13-7)10(11)8-2-3-12-5-8/h4-6H,2-3H2,1H3. The summed E-state index contributed by atoms with van der Waals surface area (Å²) in [5.41, 5.74) is 1.58. The van der Waals surface area contributed by atoms with Gasteiger partial charge < -0.3 is 4.74 Å². The van der Waals surface area contributed by atoms with Crippen LogP contribution in [0, 0.1) is 6.92 Å². The molecule has 0 radical (unpaired) electrons. The Balaban J connectivity index is 2.22. The van der Waals surface area contributed by atoms with Gasteiger partial charge in [0.15, 0.2) is 5.78 Å².